The van der Waals surface area contributed by atoms with E-state index < -0.39 is 6.10 Å². The highest BCUT2D eigenvalue weighted by Crippen LogP contribution is 2.44. The Hall–Kier alpha value is -3.98. The van der Waals surface area contributed by atoms with Crippen molar-refractivity contribution in [1.29, 1.82) is 0 Å². The molecule has 0 bridgehead atoms. The number of ether oxygens (including phenoxy) is 4. The van der Waals surface area contributed by atoms with Gasteiger partial charge in [0.2, 0.25) is 5.75 Å². The van der Waals surface area contributed by atoms with Crippen molar-refractivity contribution in [3.05, 3.63) is 71.5 Å². The first kappa shape index (κ1) is 35.3. The van der Waals surface area contributed by atoms with Crippen molar-refractivity contribution < 1.29 is 39.1 Å². The SMILES string of the molecule is CCCCC[C@H](Cc1ccc(O)c(OC2CCCCC2)c1)[C@@H]1C[C@@H](OC(C)=O)C[C@@H](c2cc(O)c(O)c(OCCc3cccnc3)c2)O1. The maximum Gasteiger partial charge on any atom is 0.302 e. The van der Waals surface area contributed by atoms with Gasteiger partial charge in [-0.3, -0.25) is 9.78 Å². The predicted molar refractivity (Wildman–Crippen MR) is 183 cm³/mol. The van der Waals surface area contributed by atoms with Gasteiger partial charge < -0.3 is 34.3 Å². The van der Waals surface area contributed by atoms with E-state index in [1.807, 2.05) is 24.3 Å². The van der Waals surface area contributed by atoms with Gasteiger partial charge >= 0.3 is 5.97 Å². The standard InChI is InChI=1S/C39H51NO8/c1-3-4-6-11-29(19-28-14-15-33(42)37(20-28)47-31-12-7-5-8-13-31)35-23-32(46-26(2)41)24-36(48-35)30-21-34(43)39(44)38(22-30)45-18-16-27-10-9-17-40-25-27/h9-10,14-15,17,20-22,25,29,31-32,35-36,42-44H,3-8,11-13,16,18-19,23-24H2,1-2H3/t29-,32-,35+,36+/m1/s1. The Morgan fingerprint density at radius 1 is 0.958 bits per heavy atom. The van der Waals surface area contributed by atoms with E-state index in [4.69, 9.17) is 18.9 Å². The van der Waals surface area contributed by atoms with E-state index in [1.165, 1.54) is 19.4 Å². The molecule has 260 valence electrons. The maximum atomic E-state index is 12.2. The molecule has 9 heteroatoms. The first-order chi connectivity index (χ1) is 23.3. The Bertz CT molecular complexity index is 1460. The van der Waals surface area contributed by atoms with Crippen LogP contribution in [0.15, 0.2) is 54.9 Å². The largest absolute Gasteiger partial charge is 0.504 e. The smallest absolute Gasteiger partial charge is 0.302 e. The number of aromatic nitrogens is 1. The van der Waals surface area contributed by atoms with Crippen molar-refractivity contribution in [1.82, 2.24) is 4.98 Å². The summed E-state index contributed by atoms with van der Waals surface area (Å²) < 4.78 is 24.8. The molecular weight excluding hydrogens is 610 g/mol. The molecule has 2 aliphatic rings. The van der Waals surface area contributed by atoms with E-state index in [9.17, 15) is 20.1 Å². The highest BCUT2D eigenvalue weighted by molar-refractivity contribution is 5.66. The molecule has 1 aromatic heterocycles. The lowest BCUT2D eigenvalue weighted by Crippen LogP contribution is -2.39. The molecule has 0 unspecified atom stereocenters. The predicted octanol–water partition coefficient (Wildman–Crippen LogP) is 8.12. The van der Waals surface area contributed by atoms with Gasteiger partial charge in [-0.25, -0.2) is 0 Å². The topological polar surface area (TPSA) is 128 Å². The molecule has 0 radical (unpaired) electrons. The van der Waals surface area contributed by atoms with Crippen molar-refractivity contribution in [2.75, 3.05) is 6.61 Å². The molecule has 3 N–H and O–H groups in total. The number of pyridine rings is 1. The molecule has 2 fully saturated rings. The van der Waals surface area contributed by atoms with E-state index in [-0.39, 0.29) is 59.8 Å². The van der Waals surface area contributed by atoms with Crippen LogP contribution in [0.3, 0.4) is 0 Å². The van der Waals surface area contributed by atoms with Crippen molar-refractivity contribution >= 4 is 5.97 Å². The van der Waals surface area contributed by atoms with E-state index >= 15 is 0 Å². The minimum atomic E-state index is -0.501. The Kier molecular flexibility index (Phi) is 12.8. The first-order valence-electron chi connectivity index (χ1n) is 17.7. The van der Waals surface area contributed by atoms with E-state index in [0.29, 0.717) is 37.0 Å². The van der Waals surface area contributed by atoms with Crippen molar-refractivity contribution in [2.45, 2.75) is 122 Å². The van der Waals surface area contributed by atoms with E-state index in [2.05, 4.69) is 11.9 Å². The zero-order valence-electron chi connectivity index (χ0n) is 28.3. The minimum absolute atomic E-state index is 0.102. The molecule has 48 heavy (non-hydrogen) atoms. The van der Waals surface area contributed by atoms with Crippen molar-refractivity contribution in [2.24, 2.45) is 5.92 Å². The number of nitrogens with zero attached hydrogens (tertiary/aromatic N) is 1. The molecule has 0 amide bonds. The van der Waals surface area contributed by atoms with Crippen LogP contribution in [0.25, 0.3) is 0 Å². The third kappa shape index (κ3) is 10.0. The zero-order valence-corrected chi connectivity index (χ0v) is 28.3. The summed E-state index contributed by atoms with van der Waals surface area (Å²) in [7, 11) is 0. The van der Waals surface area contributed by atoms with Crippen LogP contribution in [-0.4, -0.2) is 51.2 Å². The van der Waals surface area contributed by atoms with Crippen LogP contribution >= 0.6 is 0 Å². The third-order valence-electron chi connectivity index (χ3n) is 9.54. The summed E-state index contributed by atoms with van der Waals surface area (Å²) in [6.45, 7) is 3.88. The second-order valence-corrected chi connectivity index (χ2v) is 13.4. The molecule has 1 aliphatic carbocycles. The van der Waals surface area contributed by atoms with Gasteiger partial charge in [-0.05, 0) is 91.5 Å². The molecule has 2 aromatic carbocycles. The van der Waals surface area contributed by atoms with Crippen LogP contribution in [0.1, 0.15) is 107 Å². The van der Waals surface area contributed by atoms with Crippen LogP contribution in [0.2, 0.25) is 0 Å². The summed E-state index contributed by atoms with van der Waals surface area (Å²) in [5.41, 5.74) is 2.69. The van der Waals surface area contributed by atoms with Gasteiger partial charge in [0.25, 0.3) is 0 Å². The molecule has 1 saturated carbocycles. The summed E-state index contributed by atoms with van der Waals surface area (Å²) in [6.07, 6.45) is 14.4. The first-order valence-corrected chi connectivity index (χ1v) is 17.7. The summed E-state index contributed by atoms with van der Waals surface area (Å²) in [6, 6.07) is 12.7. The normalized spacial score (nSPS) is 20.6. The maximum absolute atomic E-state index is 12.2. The number of esters is 1. The Balaban J connectivity index is 1.36. The Morgan fingerprint density at radius 3 is 2.54 bits per heavy atom. The fraction of sp³-hybridized carbons (Fsp3) is 0.538. The van der Waals surface area contributed by atoms with Crippen LogP contribution in [0.5, 0.6) is 28.7 Å². The summed E-state index contributed by atoms with van der Waals surface area (Å²) in [5, 5.41) is 32.0. The van der Waals surface area contributed by atoms with Gasteiger partial charge in [0.05, 0.1) is 24.9 Å². The summed E-state index contributed by atoms with van der Waals surface area (Å²) in [5.74, 6) is -0.0254. The number of hydrogen-bond acceptors (Lipinski definition) is 9. The Labute approximate surface area is 284 Å². The van der Waals surface area contributed by atoms with E-state index in [1.54, 1.807) is 24.5 Å². The van der Waals surface area contributed by atoms with E-state index in [0.717, 1.165) is 62.5 Å². The molecule has 4 atom stereocenters. The summed E-state index contributed by atoms with van der Waals surface area (Å²) >= 11 is 0. The average Bonchev–Trinajstić information content (AvgIpc) is 3.08. The number of aromatic hydroxyl groups is 3. The number of carbonyl (C=O) groups excluding carboxylic acids is 1. The van der Waals surface area contributed by atoms with Gasteiger partial charge in [-0.1, -0.05) is 44.7 Å². The van der Waals surface area contributed by atoms with Crippen LogP contribution in [-0.2, 0) is 27.1 Å². The number of rotatable bonds is 15. The highest BCUT2D eigenvalue weighted by atomic mass is 16.6. The van der Waals surface area contributed by atoms with Crippen molar-refractivity contribution in [3.63, 3.8) is 0 Å². The fourth-order valence-electron chi connectivity index (χ4n) is 7.02. The van der Waals surface area contributed by atoms with Gasteiger partial charge in [0, 0.05) is 38.6 Å². The lowest BCUT2D eigenvalue weighted by molar-refractivity contribution is -0.165. The number of benzene rings is 2. The average molecular weight is 662 g/mol. The number of hydrogen-bond donors (Lipinski definition) is 3. The lowest BCUT2D eigenvalue weighted by atomic mass is 9.83. The molecular formula is C39H51NO8. The van der Waals surface area contributed by atoms with Crippen molar-refractivity contribution in [3.8, 4) is 28.7 Å². The second-order valence-electron chi connectivity index (χ2n) is 13.4. The lowest BCUT2D eigenvalue weighted by Gasteiger charge is -2.39. The van der Waals surface area contributed by atoms with Gasteiger partial charge in [-0.2, -0.15) is 0 Å². The molecule has 1 aliphatic heterocycles. The quantitative estimate of drug-likeness (QED) is 0.0840. The fourth-order valence-corrected chi connectivity index (χ4v) is 7.02. The number of unbranched alkanes of at least 4 members (excludes halogenated alkanes) is 2. The monoisotopic (exact) mass is 661 g/mol. The number of phenols is 3. The molecule has 1 saturated heterocycles. The minimum Gasteiger partial charge on any atom is -0.504 e. The third-order valence-corrected chi connectivity index (χ3v) is 9.54. The summed E-state index contributed by atoms with van der Waals surface area (Å²) in [4.78, 5) is 16.3. The van der Waals surface area contributed by atoms with Crippen LogP contribution < -0.4 is 9.47 Å². The molecule has 2 heterocycles. The number of phenolic OH excluding ortho intramolecular Hbond substituents is 3. The van der Waals surface area contributed by atoms with Gasteiger partial charge in [0.15, 0.2) is 23.0 Å². The zero-order chi connectivity index (χ0) is 33.9. The molecule has 9 nitrogen and oxygen atoms in total. The van der Waals surface area contributed by atoms with Crippen LogP contribution in [0.4, 0.5) is 0 Å². The second kappa shape index (κ2) is 17.4. The highest BCUT2D eigenvalue weighted by Gasteiger charge is 2.37. The van der Waals surface area contributed by atoms with Crippen LogP contribution in [0, 0.1) is 5.92 Å². The van der Waals surface area contributed by atoms with Gasteiger partial charge in [-0.15, -0.1) is 0 Å². The Morgan fingerprint density at radius 2 is 1.79 bits per heavy atom. The molecule has 0 spiro atoms. The molecule has 3 aromatic rings. The number of carbonyl (C=O) groups is 1. The van der Waals surface area contributed by atoms with Gasteiger partial charge in [0.1, 0.15) is 6.10 Å². The molecule has 5 rings (SSSR count).